The van der Waals surface area contributed by atoms with E-state index in [-0.39, 0.29) is 10.3 Å². The number of carbonyl (C=O) groups excluding carboxylic acids is 1. The largest absolute Gasteiger partial charge is 0.495 e. The molecule has 3 N–H and O–H groups in total. The van der Waals surface area contributed by atoms with E-state index in [1.54, 1.807) is 24.3 Å². The number of carbonyl (C=O) groups is 1. The molecular formula is C18H15N5O4S. The second kappa shape index (κ2) is 8.27. The van der Waals surface area contributed by atoms with Gasteiger partial charge >= 0.3 is 0 Å². The van der Waals surface area contributed by atoms with Crippen molar-refractivity contribution in [2.24, 2.45) is 5.10 Å². The molecule has 0 fully saturated rings. The van der Waals surface area contributed by atoms with Gasteiger partial charge in [-0.05, 0) is 36.5 Å². The zero-order chi connectivity index (χ0) is 20.1. The monoisotopic (exact) mass is 397 g/mol. The predicted molar refractivity (Wildman–Crippen MR) is 105 cm³/mol. The fourth-order valence-corrected chi connectivity index (χ4v) is 2.69. The summed E-state index contributed by atoms with van der Waals surface area (Å²) in [5, 5.41) is 14.4. The molecule has 3 rings (SSSR count). The van der Waals surface area contributed by atoms with Crippen molar-refractivity contribution in [2.45, 2.75) is 0 Å². The highest BCUT2D eigenvalue weighted by atomic mass is 32.1. The van der Waals surface area contributed by atoms with Crippen LogP contribution in [0, 0.1) is 4.77 Å². The van der Waals surface area contributed by atoms with E-state index in [1.165, 1.54) is 36.2 Å². The van der Waals surface area contributed by atoms with Gasteiger partial charge in [-0.2, -0.15) is 5.10 Å². The Balaban J connectivity index is 1.97. The first-order valence-electron chi connectivity index (χ1n) is 7.98. The minimum atomic E-state index is -0.657. The number of ether oxygens (including phenoxy) is 1. The highest BCUT2D eigenvalue weighted by Gasteiger charge is 2.15. The first kappa shape index (κ1) is 19.0. The van der Waals surface area contributed by atoms with Gasteiger partial charge in [-0.25, -0.2) is 5.43 Å². The van der Waals surface area contributed by atoms with Crippen molar-refractivity contribution < 1.29 is 14.6 Å². The molecule has 0 bridgehead atoms. The summed E-state index contributed by atoms with van der Waals surface area (Å²) in [6, 6.07) is 9.86. The van der Waals surface area contributed by atoms with Crippen molar-refractivity contribution >= 4 is 24.3 Å². The fourth-order valence-electron chi connectivity index (χ4n) is 2.42. The zero-order valence-corrected chi connectivity index (χ0v) is 15.4. The summed E-state index contributed by atoms with van der Waals surface area (Å²) in [7, 11) is 1.47. The number of hydrogen-bond acceptors (Lipinski definition) is 7. The molecule has 142 valence electrons. The molecule has 0 aliphatic carbocycles. The summed E-state index contributed by atoms with van der Waals surface area (Å²) in [6.45, 7) is 0. The van der Waals surface area contributed by atoms with Crippen LogP contribution >= 0.6 is 12.2 Å². The molecule has 0 aliphatic rings. The number of aromatic hydroxyl groups is 1. The highest BCUT2D eigenvalue weighted by Crippen LogP contribution is 2.26. The normalized spacial score (nSPS) is 10.8. The molecule has 2 aromatic heterocycles. The molecule has 1 aromatic carbocycles. The Hall–Kier alpha value is -3.79. The molecule has 0 unspecified atom stereocenters. The van der Waals surface area contributed by atoms with E-state index < -0.39 is 17.3 Å². The molecule has 0 aliphatic heterocycles. The van der Waals surface area contributed by atoms with Gasteiger partial charge in [0, 0.05) is 18.0 Å². The molecule has 0 radical (unpaired) electrons. The van der Waals surface area contributed by atoms with Crippen LogP contribution in [-0.2, 0) is 0 Å². The number of aromatic amines is 1. The van der Waals surface area contributed by atoms with Gasteiger partial charge in [0.2, 0.25) is 5.88 Å². The van der Waals surface area contributed by atoms with E-state index >= 15 is 0 Å². The number of benzene rings is 1. The quantitative estimate of drug-likeness (QED) is 0.343. The molecule has 10 heteroatoms. The Morgan fingerprint density at radius 3 is 2.75 bits per heavy atom. The molecule has 3 aromatic rings. The van der Waals surface area contributed by atoms with Crippen LogP contribution in [0.3, 0.4) is 0 Å². The van der Waals surface area contributed by atoms with Crippen LogP contribution in [0.15, 0.2) is 58.7 Å². The van der Waals surface area contributed by atoms with Crippen LogP contribution in [0.2, 0.25) is 0 Å². The van der Waals surface area contributed by atoms with Gasteiger partial charge in [0.15, 0.2) is 4.77 Å². The van der Waals surface area contributed by atoms with Crippen LogP contribution in [0.4, 0.5) is 0 Å². The molecule has 28 heavy (non-hydrogen) atoms. The van der Waals surface area contributed by atoms with Crippen molar-refractivity contribution in [3.63, 3.8) is 0 Å². The first-order valence-corrected chi connectivity index (χ1v) is 8.39. The third kappa shape index (κ3) is 3.81. The molecule has 2 heterocycles. The number of nitrogens with one attached hydrogen (secondary N) is 2. The van der Waals surface area contributed by atoms with Gasteiger partial charge in [0.1, 0.15) is 11.3 Å². The topological polar surface area (TPSA) is 122 Å². The fraction of sp³-hybridized carbons (Fsp3) is 0.0556. The SMILES string of the molecule is COc1ccccc1-n1c(O)c(C=NNC(=O)c2ccncc2)c(=O)[nH]c1=S. The van der Waals surface area contributed by atoms with Gasteiger partial charge < -0.3 is 9.84 Å². The summed E-state index contributed by atoms with van der Waals surface area (Å²) < 4.78 is 6.49. The average molecular weight is 397 g/mol. The maximum absolute atomic E-state index is 12.2. The van der Waals surface area contributed by atoms with Crippen LogP contribution in [0.25, 0.3) is 5.69 Å². The lowest BCUT2D eigenvalue weighted by molar-refractivity contribution is 0.0955. The Bertz CT molecular complexity index is 1150. The van der Waals surface area contributed by atoms with Crippen molar-refractivity contribution in [3.05, 3.63) is 75.0 Å². The van der Waals surface area contributed by atoms with E-state index in [2.05, 4.69) is 20.5 Å². The maximum atomic E-state index is 12.2. The minimum Gasteiger partial charge on any atom is -0.495 e. The van der Waals surface area contributed by atoms with E-state index in [0.717, 1.165) is 6.21 Å². The number of methoxy groups -OCH3 is 1. The number of para-hydroxylation sites is 2. The summed E-state index contributed by atoms with van der Waals surface area (Å²) in [5.41, 5.74) is 2.21. The van der Waals surface area contributed by atoms with Crippen molar-refractivity contribution in [1.82, 2.24) is 20.0 Å². The Morgan fingerprint density at radius 1 is 1.32 bits per heavy atom. The van der Waals surface area contributed by atoms with Gasteiger partial charge in [-0.1, -0.05) is 12.1 Å². The third-order valence-electron chi connectivity index (χ3n) is 3.75. The second-order valence-electron chi connectivity index (χ2n) is 5.44. The minimum absolute atomic E-state index is 0.0232. The second-order valence-corrected chi connectivity index (χ2v) is 5.83. The molecule has 1 amide bonds. The van der Waals surface area contributed by atoms with E-state index in [0.29, 0.717) is 17.0 Å². The third-order valence-corrected chi connectivity index (χ3v) is 4.03. The molecule has 0 saturated carbocycles. The van der Waals surface area contributed by atoms with Crippen molar-refractivity contribution in [3.8, 4) is 17.3 Å². The summed E-state index contributed by atoms with van der Waals surface area (Å²) in [5.74, 6) is -0.498. The van der Waals surface area contributed by atoms with Crippen molar-refractivity contribution in [2.75, 3.05) is 7.11 Å². The average Bonchev–Trinajstić information content (AvgIpc) is 2.71. The number of hydrazone groups is 1. The molecule has 0 spiro atoms. The molecule has 0 saturated heterocycles. The van der Waals surface area contributed by atoms with Gasteiger partial charge in [0.25, 0.3) is 11.5 Å². The van der Waals surface area contributed by atoms with Crippen LogP contribution < -0.4 is 15.7 Å². The van der Waals surface area contributed by atoms with E-state index in [4.69, 9.17) is 17.0 Å². The van der Waals surface area contributed by atoms with E-state index in [9.17, 15) is 14.7 Å². The Labute approximate surface area is 164 Å². The number of pyridine rings is 1. The lowest BCUT2D eigenvalue weighted by Gasteiger charge is -2.14. The van der Waals surface area contributed by atoms with Crippen LogP contribution in [-0.4, -0.2) is 38.9 Å². The van der Waals surface area contributed by atoms with Crippen molar-refractivity contribution in [1.29, 1.82) is 0 Å². The van der Waals surface area contributed by atoms with Gasteiger partial charge in [-0.15, -0.1) is 0 Å². The number of hydrogen-bond donors (Lipinski definition) is 3. The number of aromatic nitrogens is 3. The first-order chi connectivity index (χ1) is 13.5. The smallest absolute Gasteiger partial charge is 0.271 e. The lowest BCUT2D eigenvalue weighted by Crippen LogP contribution is -2.21. The predicted octanol–water partition coefficient (Wildman–Crippen LogP) is 1.77. The van der Waals surface area contributed by atoms with E-state index in [1.807, 2.05) is 0 Å². The number of rotatable bonds is 5. The van der Waals surface area contributed by atoms with Crippen LogP contribution in [0.1, 0.15) is 15.9 Å². The highest BCUT2D eigenvalue weighted by molar-refractivity contribution is 7.71. The lowest BCUT2D eigenvalue weighted by atomic mass is 10.2. The summed E-state index contributed by atoms with van der Waals surface area (Å²) >= 11 is 5.17. The Kier molecular flexibility index (Phi) is 5.61. The standard InChI is InChI=1S/C18H15N5O4S/c1-27-14-5-3-2-4-13(14)23-17(26)12(16(25)21-18(23)28)10-20-22-15(24)11-6-8-19-9-7-11/h2-10,26H,1H3,(H,22,24)(H,21,25,28). The number of H-pyrrole nitrogens is 1. The number of amides is 1. The summed E-state index contributed by atoms with van der Waals surface area (Å²) in [6.07, 6.45) is 3.97. The Morgan fingerprint density at radius 2 is 2.04 bits per heavy atom. The van der Waals surface area contributed by atoms with Gasteiger partial charge in [0.05, 0.1) is 19.0 Å². The maximum Gasteiger partial charge on any atom is 0.271 e. The van der Waals surface area contributed by atoms with Crippen LogP contribution in [0.5, 0.6) is 11.6 Å². The molecule has 0 atom stereocenters. The zero-order valence-electron chi connectivity index (χ0n) is 14.6. The molecule has 9 nitrogen and oxygen atoms in total. The summed E-state index contributed by atoms with van der Waals surface area (Å²) in [4.78, 5) is 30.5. The molecular weight excluding hydrogens is 382 g/mol. The number of nitrogens with zero attached hydrogens (tertiary/aromatic N) is 3. The van der Waals surface area contributed by atoms with Gasteiger partial charge in [-0.3, -0.25) is 24.1 Å².